The predicted molar refractivity (Wildman–Crippen MR) is 114 cm³/mol. The summed E-state index contributed by atoms with van der Waals surface area (Å²) in [5.41, 5.74) is 0.836. The zero-order valence-corrected chi connectivity index (χ0v) is 18.5. The van der Waals surface area contributed by atoms with Crippen molar-refractivity contribution >= 4 is 25.7 Å². The van der Waals surface area contributed by atoms with E-state index in [0.29, 0.717) is 36.0 Å². The summed E-state index contributed by atoms with van der Waals surface area (Å²) in [5, 5.41) is 6.81. The molecule has 0 saturated carbocycles. The first kappa shape index (κ1) is 21.9. The second-order valence-electron chi connectivity index (χ2n) is 6.46. The number of hydrogen-bond acceptors (Lipinski definition) is 6. The van der Waals surface area contributed by atoms with Crippen LogP contribution in [0.5, 0.6) is 0 Å². The average molecular weight is 450 g/mol. The van der Waals surface area contributed by atoms with Crippen molar-refractivity contribution in [3.63, 3.8) is 0 Å². The minimum atomic E-state index is -3.95. The van der Waals surface area contributed by atoms with Gasteiger partial charge in [0, 0.05) is 18.7 Å². The van der Waals surface area contributed by atoms with Crippen LogP contribution in [0.2, 0.25) is 0 Å². The lowest BCUT2D eigenvalue weighted by Crippen LogP contribution is -2.30. The zero-order chi connectivity index (χ0) is 21.9. The first-order valence-electron chi connectivity index (χ1n) is 9.30. The van der Waals surface area contributed by atoms with Crippen LogP contribution in [0.4, 0.5) is 5.69 Å². The van der Waals surface area contributed by atoms with Crippen LogP contribution in [0.1, 0.15) is 19.7 Å². The molecule has 0 aliphatic heterocycles. The molecule has 0 unspecified atom stereocenters. The van der Waals surface area contributed by atoms with Gasteiger partial charge in [0.2, 0.25) is 10.0 Å². The number of benzene rings is 2. The average Bonchev–Trinajstić information content (AvgIpc) is 3.15. The molecule has 0 aliphatic rings. The fraction of sp³-hybridized carbons (Fsp3) is 0.263. The number of anilines is 1. The van der Waals surface area contributed by atoms with E-state index in [1.165, 1.54) is 28.6 Å². The van der Waals surface area contributed by atoms with Crippen LogP contribution in [0, 0.1) is 6.92 Å². The summed E-state index contributed by atoms with van der Waals surface area (Å²) in [6.45, 7) is 5.90. The van der Waals surface area contributed by atoms with Crippen molar-refractivity contribution < 1.29 is 16.8 Å². The van der Waals surface area contributed by atoms with E-state index >= 15 is 0 Å². The number of para-hydroxylation sites is 1. The summed E-state index contributed by atoms with van der Waals surface area (Å²) < 4.78 is 54.8. The molecule has 3 aromatic rings. The number of hydrogen-bond donors (Lipinski definition) is 2. The summed E-state index contributed by atoms with van der Waals surface area (Å²) in [7, 11) is -7.62. The van der Waals surface area contributed by atoms with E-state index in [9.17, 15) is 16.8 Å². The molecule has 0 aliphatic carbocycles. The van der Waals surface area contributed by atoms with E-state index in [0.717, 1.165) is 0 Å². The normalized spacial score (nSPS) is 12.3. The number of nitrogens with zero attached hydrogens (tertiary/aromatic N) is 3. The van der Waals surface area contributed by atoms with Crippen molar-refractivity contribution in [1.82, 2.24) is 19.5 Å². The molecule has 1 heterocycles. The lowest BCUT2D eigenvalue weighted by molar-refractivity contribution is 0.445. The number of rotatable bonds is 8. The molecule has 0 amide bonds. The molecule has 30 heavy (non-hydrogen) atoms. The summed E-state index contributed by atoms with van der Waals surface area (Å²) in [4.78, 5) is 4.23. The van der Waals surface area contributed by atoms with Crippen molar-refractivity contribution in [2.75, 3.05) is 17.8 Å². The fourth-order valence-corrected chi connectivity index (χ4v) is 5.48. The van der Waals surface area contributed by atoms with Gasteiger partial charge >= 0.3 is 0 Å². The highest BCUT2D eigenvalue weighted by Crippen LogP contribution is 2.27. The predicted octanol–water partition coefficient (Wildman–Crippen LogP) is 2.61. The summed E-state index contributed by atoms with van der Waals surface area (Å²) in [6, 6.07) is 11.9. The third-order valence-electron chi connectivity index (χ3n) is 4.49. The zero-order valence-electron chi connectivity index (χ0n) is 16.8. The molecule has 0 bridgehead atoms. The second-order valence-corrected chi connectivity index (χ2v) is 10.1. The minimum Gasteiger partial charge on any atom is -0.279 e. The van der Waals surface area contributed by atoms with E-state index in [1.54, 1.807) is 45.0 Å². The number of aromatic nitrogens is 3. The first-order chi connectivity index (χ1) is 14.2. The molecule has 0 radical (unpaired) electrons. The quantitative estimate of drug-likeness (QED) is 0.545. The Kier molecular flexibility index (Phi) is 6.25. The van der Waals surface area contributed by atoms with Crippen LogP contribution in [-0.2, 0) is 20.0 Å². The molecule has 1 aromatic heterocycles. The van der Waals surface area contributed by atoms with E-state index in [-0.39, 0.29) is 9.79 Å². The van der Waals surface area contributed by atoms with Gasteiger partial charge in [-0.2, -0.15) is 9.40 Å². The SMILES string of the molecule is CCN(CC)S(=O)(=O)c1ccc(S(=O)(=O)Nc2ccccc2-c2n[nH]c(C)n2)cc1. The molecule has 2 aromatic carbocycles. The topological polar surface area (TPSA) is 125 Å². The molecule has 11 heteroatoms. The monoisotopic (exact) mass is 449 g/mol. The van der Waals surface area contributed by atoms with E-state index in [2.05, 4.69) is 19.9 Å². The summed E-state index contributed by atoms with van der Waals surface area (Å²) >= 11 is 0. The fourth-order valence-electron chi connectivity index (χ4n) is 2.94. The molecule has 9 nitrogen and oxygen atoms in total. The van der Waals surface area contributed by atoms with Gasteiger partial charge in [0.05, 0.1) is 15.5 Å². The largest absolute Gasteiger partial charge is 0.279 e. The Labute approximate surface area is 176 Å². The number of H-pyrrole nitrogens is 1. The minimum absolute atomic E-state index is 0.0433. The van der Waals surface area contributed by atoms with Gasteiger partial charge in [0.1, 0.15) is 5.82 Å². The highest BCUT2D eigenvalue weighted by atomic mass is 32.2. The summed E-state index contributed by atoms with van der Waals surface area (Å²) in [6.07, 6.45) is 0. The number of nitrogens with one attached hydrogen (secondary N) is 2. The highest BCUT2D eigenvalue weighted by molar-refractivity contribution is 7.92. The lowest BCUT2D eigenvalue weighted by atomic mass is 10.2. The Morgan fingerprint density at radius 1 is 0.933 bits per heavy atom. The van der Waals surface area contributed by atoms with Crippen LogP contribution >= 0.6 is 0 Å². The number of aryl methyl sites for hydroxylation is 1. The maximum Gasteiger partial charge on any atom is 0.261 e. The third-order valence-corrected chi connectivity index (χ3v) is 7.93. The number of sulfonamides is 2. The standard InChI is InChI=1S/C19H23N5O4S2/c1-4-24(5-2)30(27,28)16-12-10-15(11-13-16)29(25,26)23-18-9-7-6-8-17(18)19-20-14(3)21-22-19/h6-13,23H,4-5H2,1-3H3,(H,20,21,22). The van der Waals surface area contributed by atoms with Gasteiger partial charge in [0.25, 0.3) is 10.0 Å². The second kappa shape index (κ2) is 8.54. The summed E-state index contributed by atoms with van der Waals surface area (Å²) in [5.74, 6) is 0.971. The van der Waals surface area contributed by atoms with E-state index in [1.807, 2.05) is 0 Å². The van der Waals surface area contributed by atoms with Gasteiger partial charge in [-0.15, -0.1) is 0 Å². The van der Waals surface area contributed by atoms with Crippen LogP contribution in [0.3, 0.4) is 0 Å². The van der Waals surface area contributed by atoms with Crippen molar-refractivity contribution in [3.8, 4) is 11.4 Å². The molecule has 3 rings (SSSR count). The molecule has 2 N–H and O–H groups in total. The molecule has 0 saturated heterocycles. The van der Waals surface area contributed by atoms with Gasteiger partial charge in [-0.05, 0) is 43.3 Å². The molecule has 0 fully saturated rings. The first-order valence-corrected chi connectivity index (χ1v) is 12.2. The lowest BCUT2D eigenvalue weighted by Gasteiger charge is -2.18. The van der Waals surface area contributed by atoms with Gasteiger partial charge < -0.3 is 0 Å². The third kappa shape index (κ3) is 4.37. The highest BCUT2D eigenvalue weighted by Gasteiger charge is 2.23. The molecule has 160 valence electrons. The van der Waals surface area contributed by atoms with Gasteiger partial charge in [-0.25, -0.2) is 21.8 Å². The van der Waals surface area contributed by atoms with Crippen molar-refractivity contribution in [3.05, 3.63) is 54.4 Å². The Balaban J connectivity index is 1.91. The van der Waals surface area contributed by atoms with E-state index < -0.39 is 20.0 Å². The molecular formula is C19H23N5O4S2. The van der Waals surface area contributed by atoms with Crippen LogP contribution in [0.25, 0.3) is 11.4 Å². The molecule has 0 spiro atoms. The van der Waals surface area contributed by atoms with E-state index in [4.69, 9.17) is 0 Å². The smallest absolute Gasteiger partial charge is 0.261 e. The Morgan fingerprint density at radius 2 is 1.53 bits per heavy atom. The van der Waals surface area contributed by atoms with Crippen molar-refractivity contribution in [2.45, 2.75) is 30.6 Å². The van der Waals surface area contributed by atoms with Gasteiger partial charge in [-0.3, -0.25) is 9.82 Å². The van der Waals surface area contributed by atoms with Crippen LogP contribution < -0.4 is 4.72 Å². The Hall–Kier alpha value is -2.76. The maximum atomic E-state index is 12.9. The Morgan fingerprint density at radius 3 is 2.10 bits per heavy atom. The van der Waals surface area contributed by atoms with Crippen LogP contribution in [-0.4, -0.2) is 49.4 Å². The molecule has 0 atom stereocenters. The maximum absolute atomic E-state index is 12.9. The van der Waals surface area contributed by atoms with Gasteiger partial charge in [0.15, 0.2) is 5.82 Å². The molecular weight excluding hydrogens is 426 g/mol. The van der Waals surface area contributed by atoms with Crippen molar-refractivity contribution in [1.29, 1.82) is 0 Å². The number of aromatic amines is 1. The van der Waals surface area contributed by atoms with Crippen molar-refractivity contribution in [2.24, 2.45) is 0 Å². The van der Waals surface area contributed by atoms with Gasteiger partial charge in [-0.1, -0.05) is 26.0 Å². The van der Waals surface area contributed by atoms with Crippen LogP contribution in [0.15, 0.2) is 58.3 Å². The Bertz CT molecular complexity index is 1230.